The Bertz CT molecular complexity index is 716. The van der Waals surface area contributed by atoms with E-state index in [1.807, 2.05) is 0 Å². The molecule has 7 heteroatoms. The van der Waals surface area contributed by atoms with Crippen LogP contribution in [0.1, 0.15) is 17.3 Å². The summed E-state index contributed by atoms with van der Waals surface area (Å²) in [5.74, 6) is 0.517. The first kappa shape index (κ1) is 19.6. The van der Waals surface area contributed by atoms with Gasteiger partial charge in [0.15, 0.2) is 6.61 Å². The minimum Gasteiger partial charge on any atom is -0.492 e. The summed E-state index contributed by atoms with van der Waals surface area (Å²) in [6.45, 7) is 2.63. The third-order valence-electron chi connectivity index (χ3n) is 3.24. The fraction of sp³-hybridized carbons (Fsp3) is 0.263. The molecule has 0 spiro atoms. The first-order valence-corrected chi connectivity index (χ1v) is 8.51. The summed E-state index contributed by atoms with van der Waals surface area (Å²) in [5.41, 5.74) is 0.433. The van der Waals surface area contributed by atoms with Crippen LogP contribution in [0.15, 0.2) is 48.5 Å². The van der Waals surface area contributed by atoms with E-state index >= 15 is 0 Å². The molecule has 1 amide bonds. The number of carbonyl (C=O) groups excluding carboxylic acids is 2. The number of hydrogen-bond acceptors (Lipinski definition) is 5. The Balaban J connectivity index is 1.65. The minimum atomic E-state index is -0.391. The van der Waals surface area contributed by atoms with Gasteiger partial charge in [-0.3, -0.25) is 4.79 Å². The van der Waals surface area contributed by atoms with E-state index in [1.54, 1.807) is 55.5 Å². The van der Waals surface area contributed by atoms with Crippen LogP contribution in [0.3, 0.4) is 0 Å². The maximum absolute atomic E-state index is 11.7. The summed E-state index contributed by atoms with van der Waals surface area (Å²) < 4.78 is 15.7. The second kappa shape index (κ2) is 10.3. The molecule has 2 aromatic carbocycles. The van der Waals surface area contributed by atoms with Crippen LogP contribution in [0.2, 0.25) is 5.02 Å². The molecule has 0 radical (unpaired) electrons. The van der Waals surface area contributed by atoms with Crippen LogP contribution in [0, 0.1) is 0 Å². The van der Waals surface area contributed by atoms with Crippen LogP contribution < -0.4 is 14.8 Å². The van der Waals surface area contributed by atoms with Gasteiger partial charge in [-0.05, 0) is 55.5 Å². The van der Waals surface area contributed by atoms with E-state index in [4.69, 9.17) is 25.8 Å². The summed E-state index contributed by atoms with van der Waals surface area (Å²) in [6, 6.07) is 13.4. The lowest BCUT2D eigenvalue weighted by Crippen LogP contribution is -2.32. The average molecular weight is 378 g/mol. The summed E-state index contributed by atoms with van der Waals surface area (Å²) in [4.78, 5) is 23.3. The smallest absolute Gasteiger partial charge is 0.338 e. The predicted octanol–water partition coefficient (Wildman–Crippen LogP) is 3.09. The Morgan fingerprint density at radius 2 is 1.58 bits per heavy atom. The normalized spacial score (nSPS) is 10.1. The summed E-state index contributed by atoms with van der Waals surface area (Å²) >= 11 is 5.79. The fourth-order valence-corrected chi connectivity index (χ4v) is 2.12. The zero-order valence-corrected chi connectivity index (χ0v) is 15.1. The van der Waals surface area contributed by atoms with E-state index in [0.29, 0.717) is 41.8 Å². The van der Waals surface area contributed by atoms with Crippen LogP contribution in [0.4, 0.5) is 0 Å². The number of hydrogen-bond donors (Lipinski definition) is 1. The van der Waals surface area contributed by atoms with Crippen molar-refractivity contribution in [3.8, 4) is 11.5 Å². The Morgan fingerprint density at radius 1 is 0.962 bits per heavy atom. The molecule has 0 aliphatic carbocycles. The van der Waals surface area contributed by atoms with Crippen LogP contribution in [-0.4, -0.2) is 38.2 Å². The van der Waals surface area contributed by atoms with Gasteiger partial charge in [0.1, 0.15) is 18.1 Å². The molecule has 0 unspecified atom stereocenters. The number of amides is 1. The number of carbonyl (C=O) groups is 2. The second-order valence-corrected chi connectivity index (χ2v) is 5.62. The molecular weight excluding hydrogens is 358 g/mol. The molecule has 2 rings (SSSR count). The van der Waals surface area contributed by atoms with E-state index in [1.165, 1.54) is 0 Å². The van der Waals surface area contributed by atoms with Gasteiger partial charge in [0.2, 0.25) is 0 Å². The van der Waals surface area contributed by atoms with Crippen molar-refractivity contribution >= 4 is 23.5 Å². The summed E-state index contributed by atoms with van der Waals surface area (Å²) in [7, 11) is 0. The number of nitrogens with one attached hydrogen (secondary N) is 1. The summed E-state index contributed by atoms with van der Waals surface area (Å²) in [5, 5.41) is 3.33. The van der Waals surface area contributed by atoms with Gasteiger partial charge in [-0.1, -0.05) is 11.6 Å². The highest BCUT2D eigenvalue weighted by Gasteiger charge is 2.07. The highest BCUT2D eigenvalue weighted by Crippen LogP contribution is 2.15. The second-order valence-electron chi connectivity index (χ2n) is 5.19. The molecule has 0 saturated carbocycles. The fourth-order valence-electron chi connectivity index (χ4n) is 1.99. The first-order chi connectivity index (χ1) is 12.6. The molecule has 2 aromatic rings. The van der Waals surface area contributed by atoms with E-state index < -0.39 is 5.97 Å². The third-order valence-corrected chi connectivity index (χ3v) is 3.49. The maximum atomic E-state index is 11.7. The van der Waals surface area contributed by atoms with E-state index in [0.717, 1.165) is 0 Å². The van der Waals surface area contributed by atoms with E-state index in [2.05, 4.69) is 5.32 Å². The van der Waals surface area contributed by atoms with Crippen molar-refractivity contribution in [2.45, 2.75) is 6.92 Å². The molecule has 1 N–H and O–H groups in total. The van der Waals surface area contributed by atoms with Gasteiger partial charge in [-0.25, -0.2) is 4.79 Å². The van der Waals surface area contributed by atoms with Crippen molar-refractivity contribution < 1.29 is 23.8 Å². The topological polar surface area (TPSA) is 73.9 Å². The van der Waals surface area contributed by atoms with Gasteiger partial charge in [0.05, 0.1) is 18.7 Å². The maximum Gasteiger partial charge on any atom is 0.338 e. The minimum absolute atomic E-state index is 0.125. The van der Waals surface area contributed by atoms with E-state index in [-0.39, 0.29) is 12.5 Å². The Morgan fingerprint density at radius 3 is 2.23 bits per heavy atom. The van der Waals surface area contributed by atoms with Crippen molar-refractivity contribution in [2.24, 2.45) is 0 Å². The molecule has 6 nitrogen and oxygen atoms in total. The molecule has 26 heavy (non-hydrogen) atoms. The Kier molecular flexibility index (Phi) is 7.76. The average Bonchev–Trinajstić information content (AvgIpc) is 2.65. The van der Waals surface area contributed by atoms with E-state index in [9.17, 15) is 9.59 Å². The largest absolute Gasteiger partial charge is 0.492 e. The molecule has 0 fully saturated rings. The van der Waals surface area contributed by atoms with Crippen LogP contribution in [0.25, 0.3) is 0 Å². The molecule has 0 saturated heterocycles. The zero-order valence-electron chi connectivity index (χ0n) is 14.4. The predicted molar refractivity (Wildman–Crippen MR) is 97.9 cm³/mol. The summed E-state index contributed by atoms with van der Waals surface area (Å²) in [6.07, 6.45) is 0. The van der Waals surface area contributed by atoms with Crippen LogP contribution >= 0.6 is 11.6 Å². The number of ether oxygens (including phenoxy) is 3. The molecule has 0 bridgehead atoms. The van der Waals surface area contributed by atoms with Gasteiger partial charge in [0.25, 0.3) is 5.91 Å². The lowest BCUT2D eigenvalue weighted by molar-refractivity contribution is -0.123. The Hall–Kier alpha value is -2.73. The molecular formula is C19H20ClNO5. The lowest BCUT2D eigenvalue weighted by Gasteiger charge is -2.09. The van der Waals surface area contributed by atoms with Gasteiger partial charge in [-0.2, -0.15) is 0 Å². The number of esters is 1. The Labute approximate surface area is 157 Å². The third kappa shape index (κ3) is 6.64. The molecule has 0 atom stereocenters. The first-order valence-electron chi connectivity index (χ1n) is 8.13. The number of halogens is 1. The lowest BCUT2D eigenvalue weighted by atomic mass is 10.2. The standard InChI is InChI=1S/C19H20ClNO5/c1-2-24-19(23)14-3-7-17(8-4-14)26-13-18(22)21-11-12-25-16-9-5-15(20)6-10-16/h3-10H,2,11-13H2,1H3,(H,21,22). The van der Waals surface area contributed by atoms with Crippen molar-refractivity contribution in [1.29, 1.82) is 0 Å². The van der Waals surface area contributed by atoms with Crippen LogP contribution in [-0.2, 0) is 9.53 Å². The zero-order chi connectivity index (χ0) is 18.8. The van der Waals surface area contributed by atoms with Crippen LogP contribution in [0.5, 0.6) is 11.5 Å². The van der Waals surface area contributed by atoms with Gasteiger partial charge < -0.3 is 19.5 Å². The molecule has 0 aliphatic rings. The van der Waals surface area contributed by atoms with Gasteiger partial charge >= 0.3 is 5.97 Å². The molecule has 0 aliphatic heterocycles. The highest BCUT2D eigenvalue weighted by atomic mass is 35.5. The molecule has 0 aromatic heterocycles. The van der Waals surface area contributed by atoms with Gasteiger partial charge in [0, 0.05) is 5.02 Å². The molecule has 138 valence electrons. The van der Waals surface area contributed by atoms with Crippen molar-refractivity contribution in [1.82, 2.24) is 5.32 Å². The van der Waals surface area contributed by atoms with Crippen molar-refractivity contribution in [3.05, 3.63) is 59.1 Å². The number of rotatable bonds is 9. The quantitative estimate of drug-likeness (QED) is 0.537. The highest BCUT2D eigenvalue weighted by molar-refractivity contribution is 6.30. The van der Waals surface area contributed by atoms with Crippen molar-refractivity contribution in [3.63, 3.8) is 0 Å². The van der Waals surface area contributed by atoms with Crippen molar-refractivity contribution in [2.75, 3.05) is 26.4 Å². The monoisotopic (exact) mass is 377 g/mol. The van der Waals surface area contributed by atoms with Gasteiger partial charge in [-0.15, -0.1) is 0 Å². The SMILES string of the molecule is CCOC(=O)c1ccc(OCC(=O)NCCOc2ccc(Cl)cc2)cc1. The number of benzene rings is 2. The molecule has 0 heterocycles.